The van der Waals surface area contributed by atoms with Crippen molar-refractivity contribution in [2.75, 3.05) is 13.6 Å². The smallest absolute Gasteiger partial charge is 0.482 e. The molecule has 0 N–H and O–H groups in total. The fraction of sp³-hybridized carbons (Fsp3) is 0.375. The van der Waals surface area contributed by atoms with Crippen LogP contribution < -0.4 is 9.47 Å². The molecule has 1 atom stereocenters. The second kappa shape index (κ2) is 6.16. The van der Waals surface area contributed by atoms with Crippen LogP contribution in [-0.2, 0) is 6.54 Å². The van der Waals surface area contributed by atoms with Crippen LogP contribution in [0.25, 0.3) is 0 Å². The predicted octanol–water partition coefficient (Wildman–Crippen LogP) is 4.13. The summed E-state index contributed by atoms with van der Waals surface area (Å²) in [5, 5.41) is 0. The molecule has 1 aliphatic rings. The van der Waals surface area contributed by atoms with E-state index in [4.69, 9.17) is 9.15 Å². The van der Waals surface area contributed by atoms with E-state index in [2.05, 4.69) is 9.64 Å². The van der Waals surface area contributed by atoms with Gasteiger partial charge in [0, 0.05) is 18.5 Å². The molecule has 2 heterocycles. The maximum Gasteiger partial charge on any atom is 0.573 e. The molecule has 124 valence electrons. The minimum Gasteiger partial charge on any atom is -0.482 e. The van der Waals surface area contributed by atoms with Crippen LogP contribution in [0.15, 0.2) is 41.0 Å². The second-order valence-electron chi connectivity index (χ2n) is 5.43. The highest BCUT2D eigenvalue weighted by Gasteiger charge is 2.33. The summed E-state index contributed by atoms with van der Waals surface area (Å²) >= 11 is 0. The Morgan fingerprint density at radius 3 is 2.65 bits per heavy atom. The zero-order valence-electron chi connectivity index (χ0n) is 12.5. The minimum absolute atomic E-state index is 0.0616. The van der Waals surface area contributed by atoms with Gasteiger partial charge in [-0.2, -0.15) is 0 Å². The molecule has 7 heteroatoms. The average molecular weight is 327 g/mol. The monoisotopic (exact) mass is 327 g/mol. The summed E-state index contributed by atoms with van der Waals surface area (Å²) in [6, 6.07) is 7.58. The third-order valence-corrected chi connectivity index (χ3v) is 3.66. The summed E-state index contributed by atoms with van der Waals surface area (Å²) < 4.78 is 52.8. The Bertz CT molecular complexity index is 669. The van der Waals surface area contributed by atoms with Crippen molar-refractivity contribution < 1.29 is 27.1 Å². The first kappa shape index (κ1) is 15.7. The molecule has 0 radical (unpaired) electrons. The lowest BCUT2D eigenvalue weighted by Gasteiger charge is -2.20. The van der Waals surface area contributed by atoms with Crippen molar-refractivity contribution in [3.05, 3.63) is 47.9 Å². The maximum absolute atomic E-state index is 12.5. The molecule has 1 unspecified atom stereocenters. The van der Waals surface area contributed by atoms with Gasteiger partial charge in [0.05, 0.1) is 12.8 Å². The number of alkyl halides is 3. The molecule has 4 nitrogen and oxygen atoms in total. The number of ether oxygens (including phenoxy) is 2. The fourth-order valence-corrected chi connectivity index (χ4v) is 2.62. The Kier molecular flexibility index (Phi) is 4.21. The summed E-state index contributed by atoms with van der Waals surface area (Å²) in [4.78, 5) is 2.07. The minimum atomic E-state index is -4.76. The van der Waals surface area contributed by atoms with Crippen molar-refractivity contribution in [3.63, 3.8) is 0 Å². The zero-order valence-corrected chi connectivity index (χ0v) is 12.5. The highest BCUT2D eigenvalue weighted by Crippen LogP contribution is 2.37. The number of benzene rings is 1. The van der Waals surface area contributed by atoms with Crippen molar-refractivity contribution in [2.24, 2.45) is 0 Å². The van der Waals surface area contributed by atoms with Crippen LogP contribution in [0.4, 0.5) is 13.2 Å². The number of furan rings is 1. The molecule has 0 saturated heterocycles. The molecule has 0 aliphatic carbocycles. The molecule has 23 heavy (non-hydrogen) atoms. The predicted molar refractivity (Wildman–Crippen MR) is 76.2 cm³/mol. The first-order valence-corrected chi connectivity index (χ1v) is 7.18. The van der Waals surface area contributed by atoms with Gasteiger partial charge in [0.2, 0.25) is 0 Å². The Labute approximate surface area is 131 Å². The zero-order chi connectivity index (χ0) is 16.4. The summed E-state index contributed by atoms with van der Waals surface area (Å²) in [5.41, 5.74) is 0.858. The van der Waals surface area contributed by atoms with Gasteiger partial charge < -0.3 is 13.9 Å². The van der Waals surface area contributed by atoms with E-state index in [1.165, 1.54) is 18.2 Å². The van der Waals surface area contributed by atoms with Crippen molar-refractivity contribution >= 4 is 0 Å². The molecule has 0 spiro atoms. The topological polar surface area (TPSA) is 34.8 Å². The lowest BCUT2D eigenvalue weighted by molar-refractivity contribution is -0.275. The molecule has 1 aliphatic heterocycles. The summed E-state index contributed by atoms with van der Waals surface area (Å²) in [5.74, 6) is 0.485. The molecule has 3 rings (SSSR count). The van der Waals surface area contributed by atoms with Gasteiger partial charge in [-0.1, -0.05) is 12.1 Å². The van der Waals surface area contributed by atoms with Crippen LogP contribution in [0, 0.1) is 0 Å². The average Bonchev–Trinajstić information content (AvgIpc) is 2.86. The number of fused-ring (bicyclic) bond motifs is 1. The molecule has 0 fully saturated rings. The van der Waals surface area contributed by atoms with Gasteiger partial charge in [0.25, 0.3) is 0 Å². The molecular weight excluding hydrogens is 311 g/mol. The fourth-order valence-electron chi connectivity index (χ4n) is 2.62. The summed E-state index contributed by atoms with van der Waals surface area (Å²) in [6.45, 7) is 1.39. The van der Waals surface area contributed by atoms with Gasteiger partial charge in [-0.05, 0) is 25.2 Å². The third-order valence-electron chi connectivity index (χ3n) is 3.66. The number of hydrogen-bond donors (Lipinski definition) is 0. The lowest BCUT2D eigenvalue weighted by Crippen LogP contribution is -2.19. The van der Waals surface area contributed by atoms with Gasteiger partial charge in [0.15, 0.2) is 11.5 Å². The van der Waals surface area contributed by atoms with Crippen LogP contribution in [0.3, 0.4) is 0 Å². The van der Waals surface area contributed by atoms with Crippen LogP contribution in [0.1, 0.15) is 23.8 Å². The normalized spacial score (nSPS) is 19.0. The molecular formula is C16H16F3NO3. The van der Waals surface area contributed by atoms with E-state index in [9.17, 15) is 13.2 Å². The standard InChI is InChI=1S/C16H16F3NO3/c1-20-8-6-12(11-7-9-21-15(11)10-20)22-13-4-2-3-5-14(13)23-16(17,18)19/h2-5,7,9,12H,6,8,10H2,1H3. The highest BCUT2D eigenvalue weighted by atomic mass is 19.4. The Hall–Kier alpha value is -2.15. The van der Waals surface area contributed by atoms with E-state index in [-0.39, 0.29) is 17.6 Å². The van der Waals surface area contributed by atoms with Gasteiger partial charge in [-0.25, -0.2) is 0 Å². The molecule has 1 aromatic carbocycles. The highest BCUT2D eigenvalue weighted by molar-refractivity contribution is 5.40. The quantitative estimate of drug-likeness (QED) is 0.849. The van der Waals surface area contributed by atoms with Crippen LogP contribution in [0.5, 0.6) is 11.5 Å². The largest absolute Gasteiger partial charge is 0.573 e. The van der Waals surface area contributed by atoms with Crippen LogP contribution >= 0.6 is 0 Å². The third kappa shape index (κ3) is 3.79. The second-order valence-corrected chi connectivity index (χ2v) is 5.43. The van der Waals surface area contributed by atoms with E-state index in [1.807, 2.05) is 7.05 Å². The van der Waals surface area contributed by atoms with Crippen molar-refractivity contribution in [2.45, 2.75) is 25.4 Å². The molecule has 1 aromatic heterocycles. The van der Waals surface area contributed by atoms with E-state index in [1.54, 1.807) is 18.4 Å². The van der Waals surface area contributed by atoms with Crippen molar-refractivity contribution in [3.8, 4) is 11.5 Å². The molecule has 0 bridgehead atoms. The van der Waals surface area contributed by atoms with E-state index in [0.29, 0.717) is 13.0 Å². The number of para-hydroxylation sites is 2. The first-order valence-electron chi connectivity index (χ1n) is 7.18. The Morgan fingerprint density at radius 1 is 1.17 bits per heavy atom. The van der Waals surface area contributed by atoms with Gasteiger partial charge >= 0.3 is 6.36 Å². The molecule has 0 saturated carbocycles. The summed E-state index contributed by atoms with van der Waals surface area (Å²) in [7, 11) is 1.95. The first-order chi connectivity index (χ1) is 10.9. The molecule has 0 amide bonds. The van der Waals surface area contributed by atoms with E-state index < -0.39 is 6.36 Å². The van der Waals surface area contributed by atoms with E-state index >= 15 is 0 Å². The van der Waals surface area contributed by atoms with Gasteiger partial charge in [0.1, 0.15) is 11.9 Å². The van der Waals surface area contributed by atoms with Crippen molar-refractivity contribution in [1.82, 2.24) is 4.90 Å². The summed E-state index contributed by atoms with van der Waals surface area (Å²) in [6.07, 6.45) is -2.93. The van der Waals surface area contributed by atoms with Gasteiger partial charge in [-0.15, -0.1) is 13.2 Å². The number of nitrogens with zero attached hydrogens (tertiary/aromatic N) is 1. The number of halogens is 3. The van der Waals surface area contributed by atoms with Crippen LogP contribution in [-0.4, -0.2) is 24.9 Å². The van der Waals surface area contributed by atoms with Crippen molar-refractivity contribution in [1.29, 1.82) is 0 Å². The van der Waals surface area contributed by atoms with Crippen LogP contribution in [0.2, 0.25) is 0 Å². The number of rotatable bonds is 3. The molecule has 2 aromatic rings. The Morgan fingerprint density at radius 2 is 1.91 bits per heavy atom. The van der Waals surface area contributed by atoms with E-state index in [0.717, 1.165) is 17.9 Å². The van der Waals surface area contributed by atoms with Gasteiger partial charge in [-0.3, -0.25) is 4.90 Å². The Balaban J connectivity index is 1.85. The number of hydrogen-bond acceptors (Lipinski definition) is 4. The SMILES string of the molecule is CN1CCC(Oc2ccccc2OC(F)(F)F)c2ccoc2C1. The lowest BCUT2D eigenvalue weighted by atomic mass is 10.1. The maximum atomic E-state index is 12.5.